The van der Waals surface area contributed by atoms with Crippen LogP contribution in [0.1, 0.15) is 0 Å². The highest BCUT2D eigenvalue weighted by molar-refractivity contribution is 7.91. The number of hydrogen-bond donors (Lipinski definition) is 1. The molecule has 0 saturated heterocycles. The summed E-state index contributed by atoms with van der Waals surface area (Å²) in [5.74, 6) is -0.0998. The van der Waals surface area contributed by atoms with Crippen molar-refractivity contribution in [2.24, 2.45) is 0 Å². The van der Waals surface area contributed by atoms with Gasteiger partial charge >= 0.3 is 0 Å². The van der Waals surface area contributed by atoms with Gasteiger partial charge in [0.15, 0.2) is 9.84 Å². The largest absolute Gasteiger partial charge is 0.383 e. The van der Waals surface area contributed by atoms with E-state index in [2.05, 4.69) is 5.32 Å². The number of methoxy groups -OCH3 is 1. The van der Waals surface area contributed by atoms with Gasteiger partial charge in [-0.25, -0.2) is 8.42 Å². The molecule has 0 spiro atoms. The normalized spacial score (nSPS) is 13.6. The van der Waals surface area contributed by atoms with Gasteiger partial charge in [0.05, 0.1) is 22.3 Å². The first kappa shape index (κ1) is 15.7. The third-order valence-corrected chi connectivity index (χ3v) is 4.95. The van der Waals surface area contributed by atoms with Crippen LogP contribution < -0.4 is 5.32 Å². The maximum atomic E-state index is 12.2. The Bertz CT molecular complexity index is 505. The third kappa shape index (κ3) is 4.10. The predicted molar refractivity (Wildman–Crippen MR) is 73.2 cm³/mol. The summed E-state index contributed by atoms with van der Waals surface area (Å²) in [5.41, 5.74) is 0. The second kappa shape index (κ2) is 6.73. The first-order valence-corrected chi connectivity index (χ1v) is 7.65. The van der Waals surface area contributed by atoms with Gasteiger partial charge in [-0.15, -0.1) is 0 Å². The molecule has 0 aliphatic rings. The van der Waals surface area contributed by atoms with Gasteiger partial charge in [-0.05, 0) is 25.2 Å². The van der Waals surface area contributed by atoms with Crippen molar-refractivity contribution in [3.05, 3.63) is 28.2 Å². The number of rotatable bonds is 6. The van der Waals surface area contributed by atoms with Crippen molar-refractivity contribution in [3.8, 4) is 0 Å². The maximum absolute atomic E-state index is 12.2. The molecule has 0 heterocycles. The van der Waals surface area contributed by atoms with E-state index in [1.54, 1.807) is 13.1 Å². The summed E-state index contributed by atoms with van der Waals surface area (Å²) >= 11 is 11.7. The number of likely N-dealkylation sites (N-methyl/N-ethyl adjacent to an activating group) is 1. The topological polar surface area (TPSA) is 55.4 Å². The molecule has 1 N–H and O–H groups in total. The van der Waals surface area contributed by atoms with Gasteiger partial charge in [-0.1, -0.05) is 23.2 Å². The van der Waals surface area contributed by atoms with Crippen LogP contribution in [0.15, 0.2) is 23.1 Å². The third-order valence-electron chi connectivity index (χ3n) is 2.43. The lowest BCUT2D eigenvalue weighted by atomic mass is 10.4. The molecular weight excluding hydrogens is 297 g/mol. The fourth-order valence-electron chi connectivity index (χ4n) is 1.49. The average molecular weight is 312 g/mol. The van der Waals surface area contributed by atoms with Gasteiger partial charge in [-0.3, -0.25) is 0 Å². The Kier molecular flexibility index (Phi) is 5.88. The van der Waals surface area contributed by atoms with Crippen LogP contribution in [-0.2, 0) is 14.6 Å². The van der Waals surface area contributed by atoms with Crippen molar-refractivity contribution in [2.75, 3.05) is 26.5 Å². The van der Waals surface area contributed by atoms with E-state index < -0.39 is 9.84 Å². The summed E-state index contributed by atoms with van der Waals surface area (Å²) in [6.07, 6.45) is 0. The number of halogens is 2. The lowest BCUT2D eigenvalue weighted by Crippen LogP contribution is -2.36. The van der Waals surface area contributed by atoms with Crippen LogP contribution in [0.4, 0.5) is 0 Å². The molecule has 0 aliphatic carbocycles. The van der Waals surface area contributed by atoms with Gasteiger partial charge in [0.2, 0.25) is 0 Å². The summed E-state index contributed by atoms with van der Waals surface area (Å²) in [5, 5.41) is 3.39. The van der Waals surface area contributed by atoms with Crippen LogP contribution >= 0.6 is 23.2 Å². The summed E-state index contributed by atoms with van der Waals surface area (Å²) < 4.78 is 29.4. The number of hydrogen-bond acceptors (Lipinski definition) is 4. The van der Waals surface area contributed by atoms with Crippen LogP contribution in [-0.4, -0.2) is 41.0 Å². The summed E-state index contributed by atoms with van der Waals surface area (Å²) in [4.78, 5) is 0.0491. The molecule has 0 fully saturated rings. The molecule has 1 aromatic carbocycles. The molecule has 1 rings (SSSR count). The zero-order valence-electron chi connectivity index (χ0n) is 10.1. The van der Waals surface area contributed by atoms with E-state index in [0.717, 1.165) is 0 Å². The number of sulfone groups is 1. The van der Waals surface area contributed by atoms with Crippen molar-refractivity contribution in [1.82, 2.24) is 5.32 Å². The molecule has 1 atom stereocenters. The molecule has 102 valence electrons. The number of nitrogens with one attached hydrogen (secondary N) is 1. The van der Waals surface area contributed by atoms with Gasteiger partial charge < -0.3 is 10.1 Å². The van der Waals surface area contributed by atoms with Gasteiger partial charge in [0.25, 0.3) is 0 Å². The minimum Gasteiger partial charge on any atom is -0.383 e. The Balaban J connectivity index is 3.02. The summed E-state index contributed by atoms with van der Waals surface area (Å²) in [6, 6.07) is 4.09. The van der Waals surface area contributed by atoms with E-state index in [-0.39, 0.29) is 21.7 Å². The second-order valence-corrected chi connectivity index (χ2v) is 6.64. The van der Waals surface area contributed by atoms with Crippen molar-refractivity contribution >= 4 is 33.0 Å². The highest BCUT2D eigenvalue weighted by atomic mass is 35.5. The molecule has 0 saturated carbocycles. The van der Waals surface area contributed by atoms with Crippen molar-refractivity contribution in [1.29, 1.82) is 0 Å². The van der Waals surface area contributed by atoms with E-state index in [1.165, 1.54) is 19.2 Å². The fourth-order valence-corrected chi connectivity index (χ4v) is 3.84. The van der Waals surface area contributed by atoms with Crippen LogP contribution in [0.2, 0.25) is 10.0 Å². The Morgan fingerprint density at radius 1 is 1.39 bits per heavy atom. The molecule has 0 radical (unpaired) electrons. The monoisotopic (exact) mass is 311 g/mol. The number of benzene rings is 1. The fraction of sp³-hybridized carbons (Fsp3) is 0.455. The van der Waals surface area contributed by atoms with E-state index in [0.29, 0.717) is 11.6 Å². The zero-order valence-corrected chi connectivity index (χ0v) is 12.4. The van der Waals surface area contributed by atoms with Crippen LogP contribution in [0.25, 0.3) is 0 Å². The molecule has 0 amide bonds. The molecule has 1 unspecified atom stereocenters. The highest BCUT2D eigenvalue weighted by Gasteiger charge is 2.23. The first-order valence-electron chi connectivity index (χ1n) is 5.24. The predicted octanol–water partition coefficient (Wildman–Crippen LogP) is 2.00. The average Bonchev–Trinajstić information content (AvgIpc) is 2.31. The summed E-state index contributed by atoms with van der Waals surface area (Å²) in [7, 11) is -0.309. The lowest BCUT2D eigenvalue weighted by molar-refractivity contribution is 0.176. The van der Waals surface area contributed by atoms with Crippen LogP contribution in [0.3, 0.4) is 0 Å². The summed E-state index contributed by atoms with van der Waals surface area (Å²) in [6.45, 7) is 0.300. The first-order chi connectivity index (χ1) is 8.40. The molecular formula is C11H15Cl2NO3S. The lowest BCUT2D eigenvalue weighted by Gasteiger charge is -2.15. The quantitative estimate of drug-likeness (QED) is 0.873. The molecule has 7 heteroatoms. The maximum Gasteiger partial charge on any atom is 0.181 e. The Hall–Kier alpha value is -0.330. The van der Waals surface area contributed by atoms with Gasteiger partial charge in [0.1, 0.15) is 0 Å². The molecule has 0 aromatic heterocycles. The van der Waals surface area contributed by atoms with Crippen molar-refractivity contribution in [3.63, 3.8) is 0 Å². The van der Waals surface area contributed by atoms with Crippen molar-refractivity contribution < 1.29 is 13.2 Å². The standard InChI is InChI=1S/C11H15Cl2NO3S/c1-14-9(6-17-2)7-18(15,16)11-5-8(12)3-4-10(11)13/h3-5,9,14H,6-7H2,1-2H3. The highest BCUT2D eigenvalue weighted by Crippen LogP contribution is 2.26. The van der Waals surface area contributed by atoms with Crippen LogP contribution in [0, 0.1) is 0 Å². The second-order valence-electron chi connectivity index (χ2n) is 3.80. The molecule has 4 nitrogen and oxygen atoms in total. The number of ether oxygens (including phenoxy) is 1. The van der Waals surface area contributed by atoms with E-state index in [4.69, 9.17) is 27.9 Å². The van der Waals surface area contributed by atoms with Gasteiger partial charge in [-0.2, -0.15) is 0 Å². The Labute approximate surface area is 117 Å². The Morgan fingerprint density at radius 2 is 2.06 bits per heavy atom. The van der Waals surface area contributed by atoms with Crippen molar-refractivity contribution in [2.45, 2.75) is 10.9 Å². The van der Waals surface area contributed by atoms with E-state index in [1.807, 2.05) is 0 Å². The van der Waals surface area contributed by atoms with Gasteiger partial charge in [0, 0.05) is 18.2 Å². The molecule has 0 bridgehead atoms. The molecule has 0 aliphatic heterocycles. The SMILES string of the molecule is CNC(COC)CS(=O)(=O)c1cc(Cl)ccc1Cl. The zero-order chi connectivity index (χ0) is 13.8. The molecule has 18 heavy (non-hydrogen) atoms. The minimum atomic E-state index is -3.51. The smallest absolute Gasteiger partial charge is 0.181 e. The minimum absolute atomic E-state index is 0.0491. The van der Waals surface area contributed by atoms with E-state index >= 15 is 0 Å². The van der Waals surface area contributed by atoms with E-state index in [9.17, 15) is 8.42 Å². The molecule has 1 aromatic rings. The Morgan fingerprint density at radius 3 is 2.61 bits per heavy atom. The van der Waals surface area contributed by atoms with Crippen LogP contribution in [0.5, 0.6) is 0 Å².